The molecule has 30 heavy (non-hydrogen) atoms. The van der Waals surface area contributed by atoms with E-state index in [0.29, 0.717) is 16.5 Å². The zero-order valence-electron chi connectivity index (χ0n) is 16.4. The first-order valence-electron chi connectivity index (χ1n) is 9.20. The molecule has 0 bridgehead atoms. The number of aromatic nitrogens is 2. The van der Waals surface area contributed by atoms with Crippen molar-refractivity contribution in [3.8, 4) is 11.4 Å². The van der Waals surface area contributed by atoms with Gasteiger partial charge in [-0.2, -0.15) is 4.98 Å². The van der Waals surface area contributed by atoms with Crippen molar-refractivity contribution in [1.82, 2.24) is 15.5 Å². The van der Waals surface area contributed by atoms with Gasteiger partial charge in [-0.15, -0.1) is 0 Å². The number of hydrogen-bond donors (Lipinski definition) is 1. The number of halogens is 1. The average molecular weight is 449 g/mol. The smallest absolute Gasteiger partial charge is 0.246 e. The molecular formula is C20H21ClN4O4S. The zero-order chi connectivity index (χ0) is 21.7. The van der Waals surface area contributed by atoms with E-state index in [1.54, 1.807) is 25.1 Å². The van der Waals surface area contributed by atoms with Crippen molar-refractivity contribution in [2.75, 3.05) is 10.6 Å². The van der Waals surface area contributed by atoms with Gasteiger partial charge >= 0.3 is 0 Å². The van der Waals surface area contributed by atoms with Crippen LogP contribution in [-0.4, -0.2) is 36.8 Å². The van der Waals surface area contributed by atoms with Gasteiger partial charge in [0, 0.05) is 10.6 Å². The van der Waals surface area contributed by atoms with Crippen molar-refractivity contribution in [3.63, 3.8) is 0 Å². The maximum absolute atomic E-state index is 12.8. The van der Waals surface area contributed by atoms with Crippen LogP contribution in [0, 0.1) is 0 Å². The van der Waals surface area contributed by atoms with Crippen molar-refractivity contribution in [2.24, 2.45) is 0 Å². The molecule has 3 aromatic rings. The molecule has 0 aliphatic heterocycles. The van der Waals surface area contributed by atoms with Crippen molar-refractivity contribution in [1.29, 1.82) is 0 Å². The Morgan fingerprint density at radius 3 is 2.57 bits per heavy atom. The summed E-state index contributed by atoms with van der Waals surface area (Å²) in [6, 6.07) is 14.7. The van der Waals surface area contributed by atoms with Gasteiger partial charge in [-0.25, -0.2) is 8.42 Å². The van der Waals surface area contributed by atoms with Crippen molar-refractivity contribution >= 4 is 33.2 Å². The van der Waals surface area contributed by atoms with Crippen LogP contribution in [0.5, 0.6) is 0 Å². The minimum absolute atomic E-state index is 0.0255. The number of carbonyl (C=O) groups excluding carboxylic acids is 1. The van der Waals surface area contributed by atoms with E-state index < -0.39 is 22.0 Å². The average Bonchev–Trinajstić information content (AvgIpc) is 3.19. The van der Waals surface area contributed by atoms with Gasteiger partial charge in [-0.3, -0.25) is 9.10 Å². The van der Waals surface area contributed by atoms with Gasteiger partial charge in [0.2, 0.25) is 27.6 Å². The predicted octanol–water partition coefficient (Wildman–Crippen LogP) is 3.25. The first kappa shape index (κ1) is 21.8. The third kappa shape index (κ3) is 5.17. The molecule has 1 amide bonds. The zero-order valence-corrected chi connectivity index (χ0v) is 18.0. The maximum Gasteiger partial charge on any atom is 0.246 e. The fourth-order valence-corrected chi connectivity index (χ4v) is 4.37. The number of anilines is 1. The molecule has 3 rings (SSSR count). The highest BCUT2D eigenvalue weighted by Gasteiger charge is 2.31. The summed E-state index contributed by atoms with van der Waals surface area (Å²) in [7, 11) is -3.74. The third-order valence-electron chi connectivity index (χ3n) is 4.31. The van der Waals surface area contributed by atoms with E-state index in [9.17, 15) is 13.2 Å². The lowest BCUT2D eigenvalue weighted by Crippen LogP contribution is -2.49. The van der Waals surface area contributed by atoms with Crippen molar-refractivity contribution in [2.45, 2.75) is 25.9 Å². The monoisotopic (exact) mass is 448 g/mol. The van der Waals surface area contributed by atoms with E-state index in [-0.39, 0.29) is 18.9 Å². The first-order valence-corrected chi connectivity index (χ1v) is 11.4. The summed E-state index contributed by atoms with van der Waals surface area (Å²) in [5, 5.41) is 6.95. The number of rotatable bonds is 8. The number of amides is 1. The van der Waals surface area contributed by atoms with E-state index in [4.69, 9.17) is 16.1 Å². The van der Waals surface area contributed by atoms with Crippen LogP contribution in [0.4, 0.5) is 5.69 Å². The minimum atomic E-state index is -3.74. The van der Waals surface area contributed by atoms with E-state index >= 15 is 0 Å². The summed E-state index contributed by atoms with van der Waals surface area (Å²) in [5.74, 6) is 0.136. The van der Waals surface area contributed by atoms with Crippen molar-refractivity contribution in [3.05, 3.63) is 65.5 Å². The van der Waals surface area contributed by atoms with Crippen LogP contribution in [0.3, 0.4) is 0 Å². The van der Waals surface area contributed by atoms with Crippen LogP contribution in [0.2, 0.25) is 5.02 Å². The standard InChI is InChI=1S/C20H21ClN4O4S/c1-3-17(25(30(2,27)28)16-11-7-10-15(21)12-16)20(26)22-13-18-23-19(24-29-18)14-8-5-4-6-9-14/h4-12,17H,3,13H2,1-2H3,(H,22,26)/t17-/m0/s1. The summed E-state index contributed by atoms with van der Waals surface area (Å²) in [4.78, 5) is 17.1. The van der Waals surface area contributed by atoms with Crippen LogP contribution in [0.15, 0.2) is 59.1 Å². The Kier molecular flexibility index (Phi) is 6.73. The molecule has 8 nitrogen and oxygen atoms in total. The molecule has 2 aromatic carbocycles. The molecule has 1 N–H and O–H groups in total. The molecule has 0 spiro atoms. The number of nitrogens with zero attached hydrogens (tertiary/aromatic N) is 3. The number of sulfonamides is 1. The van der Waals surface area contributed by atoms with E-state index in [1.165, 1.54) is 6.07 Å². The quantitative estimate of drug-likeness (QED) is 0.567. The highest BCUT2D eigenvalue weighted by Crippen LogP contribution is 2.25. The van der Waals surface area contributed by atoms with Gasteiger partial charge in [-0.1, -0.05) is 60.1 Å². The number of benzene rings is 2. The molecule has 10 heteroatoms. The number of nitrogens with one attached hydrogen (secondary N) is 1. The summed E-state index contributed by atoms with van der Waals surface area (Å²) < 4.78 is 31.1. The van der Waals surface area contributed by atoms with E-state index in [1.807, 2.05) is 30.3 Å². The fraction of sp³-hybridized carbons (Fsp3) is 0.250. The van der Waals surface area contributed by atoms with E-state index in [2.05, 4.69) is 15.5 Å². The van der Waals surface area contributed by atoms with Gasteiger partial charge in [0.05, 0.1) is 18.5 Å². The Balaban J connectivity index is 1.76. The molecule has 1 heterocycles. The molecule has 0 aliphatic carbocycles. The largest absolute Gasteiger partial charge is 0.345 e. The van der Waals surface area contributed by atoms with Gasteiger partial charge in [0.25, 0.3) is 0 Å². The van der Waals surface area contributed by atoms with Crippen LogP contribution in [0.25, 0.3) is 11.4 Å². The van der Waals surface area contributed by atoms with Gasteiger partial charge < -0.3 is 9.84 Å². The van der Waals surface area contributed by atoms with E-state index in [0.717, 1.165) is 16.1 Å². The highest BCUT2D eigenvalue weighted by molar-refractivity contribution is 7.92. The first-order chi connectivity index (χ1) is 14.3. The Morgan fingerprint density at radius 2 is 1.93 bits per heavy atom. The predicted molar refractivity (Wildman–Crippen MR) is 114 cm³/mol. The SMILES string of the molecule is CC[C@@H](C(=O)NCc1nc(-c2ccccc2)no1)N(c1cccc(Cl)c1)S(C)(=O)=O. The van der Waals surface area contributed by atoms with Crippen LogP contribution < -0.4 is 9.62 Å². The molecule has 1 aromatic heterocycles. The number of hydrogen-bond acceptors (Lipinski definition) is 6. The normalized spacial score (nSPS) is 12.4. The number of carbonyl (C=O) groups is 1. The molecule has 1 atom stereocenters. The molecular weight excluding hydrogens is 428 g/mol. The second-order valence-corrected chi connectivity index (χ2v) is 8.85. The summed E-state index contributed by atoms with van der Waals surface area (Å²) in [6.07, 6.45) is 1.30. The van der Waals surface area contributed by atoms with Gasteiger partial charge in [0.1, 0.15) is 6.04 Å². The van der Waals surface area contributed by atoms with Gasteiger partial charge in [0.15, 0.2) is 0 Å². The lowest BCUT2D eigenvalue weighted by Gasteiger charge is -2.30. The van der Waals surface area contributed by atoms with Crippen LogP contribution in [0.1, 0.15) is 19.2 Å². The second-order valence-electron chi connectivity index (χ2n) is 6.56. The Bertz CT molecular complexity index is 1120. The summed E-state index contributed by atoms with van der Waals surface area (Å²) in [5.41, 5.74) is 1.10. The molecule has 0 unspecified atom stereocenters. The second kappa shape index (κ2) is 9.27. The Labute approximate surface area is 179 Å². The fourth-order valence-electron chi connectivity index (χ4n) is 2.99. The molecule has 0 aliphatic rings. The lowest BCUT2D eigenvalue weighted by atomic mass is 10.2. The Morgan fingerprint density at radius 1 is 1.20 bits per heavy atom. The molecule has 0 saturated carbocycles. The molecule has 158 valence electrons. The highest BCUT2D eigenvalue weighted by atomic mass is 35.5. The van der Waals surface area contributed by atoms with Gasteiger partial charge in [-0.05, 0) is 24.6 Å². The molecule has 0 fully saturated rings. The van der Waals surface area contributed by atoms with Crippen LogP contribution in [-0.2, 0) is 21.4 Å². The summed E-state index contributed by atoms with van der Waals surface area (Å²) >= 11 is 6.01. The minimum Gasteiger partial charge on any atom is -0.345 e. The Hall–Kier alpha value is -2.91. The topological polar surface area (TPSA) is 105 Å². The summed E-state index contributed by atoms with van der Waals surface area (Å²) in [6.45, 7) is 1.70. The molecule has 0 radical (unpaired) electrons. The molecule has 0 saturated heterocycles. The van der Waals surface area contributed by atoms with Crippen molar-refractivity contribution < 1.29 is 17.7 Å². The van der Waals surface area contributed by atoms with Crippen LogP contribution >= 0.6 is 11.6 Å². The third-order valence-corrected chi connectivity index (χ3v) is 5.72. The maximum atomic E-state index is 12.8. The lowest BCUT2D eigenvalue weighted by molar-refractivity contribution is -0.122.